The third-order valence-electron chi connectivity index (χ3n) is 5.95. The quantitative estimate of drug-likeness (QED) is 0.257. The van der Waals surface area contributed by atoms with Crippen LogP contribution in [0.1, 0.15) is 63.7 Å². The molecule has 0 radical (unpaired) electrons. The molecule has 0 spiro atoms. The summed E-state index contributed by atoms with van der Waals surface area (Å²) in [5.41, 5.74) is 4.79. The lowest BCUT2D eigenvalue weighted by molar-refractivity contribution is 0.605. The molecule has 0 atom stereocenters. The van der Waals surface area contributed by atoms with E-state index >= 15 is 0 Å². The first-order chi connectivity index (χ1) is 14.8. The van der Waals surface area contributed by atoms with Crippen molar-refractivity contribution in [2.45, 2.75) is 58.8 Å². The van der Waals surface area contributed by atoms with Crippen molar-refractivity contribution in [3.63, 3.8) is 0 Å². The predicted molar refractivity (Wildman–Crippen MR) is 131 cm³/mol. The Labute approximate surface area is 180 Å². The molecule has 0 saturated carbocycles. The first kappa shape index (κ1) is 20.5. The summed E-state index contributed by atoms with van der Waals surface area (Å²) >= 11 is 0. The van der Waals surface area contributed by atoms with Gasteiger partial charge in [-0.3, -0.25) is 0 Å². The van der Waals surface area contributed by atoms with Gasteiger partial charge in [-0.2, -0.15) is 0 Å². The van der Waals surface area contributed by atoms with Crippen molar-refractivity contribution >= 4 is 27.8 Å². The SMILES string of the molecule is CC=Cc1oc2ccccc2c1-c1ccc2cc(CCCCCCCC)ccc2c1. The second-order valence-corrected chi connectivity index (χ2v) is 8.25. The molecule has 1 heterocycles. The first-order valence-electron chi connectivity index (χ1n) is 11.5. The van der Waals surface area contributed by atoms with E-state index in [9.17, 15) is 0 Å². The molecular weight excluding hydrogens is 364 g/mol. The van der Waals surface area contributed by atoms with Crippen molar-refractivity contribution in [2.75, 3.05) is 0 Å². The Morgan fingerprint density at radius 3 is 2.43 bits per heavy atom. The molecular formula is C29H32O. The first-order valence-corrected chi connectivity index (χ1v) is 11.5. The Bertz CT molecular complexity index is 1150. The summed E-state index contributed by atoms with van der Waals surface area (Å²) in [4.78, 5) is 0. The second kappa shape index (κ2) is 9.80. The van der Waals surface area contributed by atoms with Gasteiger partial charge in [-0.1, -0.05) is 93.6 Å². The number of para-hydroxylation sites is 1. The van der Waals surface area contributed by atoms with Crippen molar-refractivity contribution < 1.29 is 4.42 Å². The number of hydrogen-bond acceptors (Lipinski definition) is 1. The largest absolute Gasteiger partial charge is 0.456 e. The highest BCUT2D eigenvalue weighted by molar-refractivity contribution is 6.00. The highest BCUT2D eigenvalue weighted by atomic mass is 16.3. The van der Waals surface area contributed by atoms with Crippen LogP contribution in [0.25, 0.3) is 38.9 Å². The predicted octanol–water partition coefficient (Wildman–Crippen LogP) is 9.19. The normalized spacial score (nSPS) is 11.8. The maximum Gasteiger partial charge on any atom is 0.135 e. The molecule has 1 heteroatoms. The van der Waals surface area contributed by atoms with Gasteiger partial charge in [0, 0.05) is 10.9 Å². The molecule has 0 aliphatic heterocycles. The van der Waals surface area contributed by atoms with Gasteiger partial charge in [0.05, 0.1) is 0 Å². The zero-order valence-electron chi connectivity index (χ0n) is 18.3. The van der Waals surface area contributed by atoms with Gasteiger partial charge in [0.2, 0.25) is 0 Å². The average Bonchev–Trinajstić information content (AvgIpc) is 3.14. The van der Waals surface area contributed by atoms with E-state index in [-0.39, 0.29) is 0 Å². The molecule has 0 unspecified atom stereocenters. The minimum absolute atomic E-state index is 0.928. The summed E-state index contributed by atoms with van der Waals surface area (Å²) in [6.45, 7) is 4.31. The number of fused-ring (bicyclic) bond motifs is 2. The molecule has 0 aliphatic rings. The van der Waals surface area contributed by atoms with Crippen LogP contribution in [0.3, 0.4) is 0 Å². The summed E-state index contributed by atoms with van der Waals surface area (Å²) in [5, 5.41) is 3.78. The lowest BCUT2D eigenvalue weighted by Gasteiger charge is -2.07. The summed E-state index contributed by atoms with van der Waals surface area (Å²) in [6.07, 6.45) is 13.4. The number of rotatable bonds is 9. The van der Waals surface area contributed by atoms with E-state index in [1.54, 1.807) is 0 Å². The van der Waals surface area contributed by atoms with Crippen LogP contribution in [0, 0.1) is 0 Å². The van der Waals surface area contributed by atoms with Crippen LogP contribution in [0.15, 0.2) is 71.2 Å². The van der Waals surface area contributed by atoms with Gasteiger partial charge in [0.25, 0.3) is 0 Å². The van der Waals surface area contributed by atoms with E-state index in [0.29, 0.717) is 0 Å². The fourth-order valence-corrected chi connectivity index (χ4v) is 4.35. The lowest BCUT2D eigenvalue weighted by atomic mass is 9.96. The molecule has 0 N–H and O–H groups in total. The minimum Gasteiger partial charge on any atom is -0.456 e. The fraction of sp³-hybridized carbons (Fsp3) is 0.310. The van der Waals surface area contributed by atoms with Crippen LogP contribution in [-0.2, 0) is 6.42 Å². The molecule has 0 fully saturated rings. The van der Waals surface area contributed by atoms with Gasteiger partial charge < -0.3 is 4.42 Å². The van der Waals surface area contributed by atoms with Gasteiger partial charge in [0.1, 0.15) is 11.3 Å². The second-order valence-electron chi connectivity index (χ2n) is 8.25. The maximum atomic E-state index is 6.12. The minimum atomic E-state index is 0.928. The maximum absolute atomic E-state index is 6.12. The van der Waals surface area contributed by atoms with E-state index in [1.165, 1.54) is 77.8 Å². The van der Waals surface area contributed by atoms with Crippen molar-refractivity contribution in [1.82, 2.24) is 0 Å². The van der Waals surface area contributed by atoms with Crippen LogP contribution in [-0.4, -0.2) is 0 Å². The van der Waals surface area contributed by atoms with Gasteiger partial charge >= 0.3 is 0 Å². The number of aryl methyl sites for hydroxylation is 1. The molecule has 154 valence electrons. The van der Waals surface area contributed by atoms with Gasteiger partial charge in [-0.15, -0.1) is 0 Å². The van der Waals surface area contributed by atoms with E-state index in [4.69, 9.17) is 4.42 Å². The summed E-state index contributed by atoms with van der Waals surface area (Å²) in [5.74, 6) is 0.928. The fourth-order valence-electron chi connectivity index (χ4n) is 4.35. The van der Waals surface area contributed by atoms with Crippen LogP contribution >= 0.6 is 0 Å². The van der Waals surface area contributed by atoms with E-state index in [0.717, 1.165) is 11.3 Å². The number of unbranched alkanes of at least 4 members (excludes halogenated alkanes) is 5. The standard InChI is InChI=1S/C29H32O/c1-3-5-6-7-8-9-13-22-16-17-24-21-25(19-18-23(24)20-22)29-26-14-10-11-15-27(26)30-28(29)12-4-2/h4,10-12,14-21H,3,5-9,13H2,1-2H3. The van der Waals surface area contributed by atoms with Gasteiger partial charge in [0.15, 0.2) is 0 Å². The molecule has 3 aromatic carbocycles. The highest BCUT2D eigenvalue weighted by Crippen LogP contribution is 2.37. The van der Waals surface area contributed by atoms with E-state index in [1.807, 2.05) is 25.1 Å². The van der Waals surface area contributed by atoms with Crippen molar-refractivity contribution in [3.05, 3.63) is 78.1 Å². The van der Waals surface area contributed by atoms with Crippen LogP contribution < -0.4 is 0 Å². The van der Waals surface area contributed by atoms with E-state index in [2.05, 4.69) is 61.5 Å². The Hall–Kier alpha value is -2.80. The molecule has 4 aromatic rings. The Morgan fingerprint density at radius 2 is 1.57 bits per heavy atom. The van der Waals surface area contributed by atoms with Crippen LogP contribution in [0.4, 0.5) is 0 Å². The van der Waals surface area contributed by atoms with Crippen LogP contribution in [0.5, 0.6) is 0 Å². The monoisotopic (exact) mass is 396 g/mol. The number of hydrogen-bond donors (Lipinski definition) is 0. The van der Waals surface area contributed by atoms with Crippen molar-refractivity contribution in [2.24, 2.45) is 0 Å². The molecule has 4 rings (SSSR count). The van der Waals surface area contributed by atoms with Gasteiger partial charge in [-0.05, 0) is 59.9 Å². The Balaban J connectivity index is 1.58. The van der Waals surface area contributed by atoms with Crippen molar-refractivity contribution in [3.8, 4) is 11.1 Å². The number of allylic oxidation sites excluding steroid dienone is 1. The Kier molecular flexibility index (Phi) is 6.69. The molecule has 0 saturated heterocycles. The zero-order valence-corrected chi connectivity index (χ0v) is 18.3. The molecule has 1 aromatic heterocycles. The molecule has 30 heavy (non-hydrogen) atoms. The number of benzene rings is 3. The van der Waals surface area contributed by atoms with E-state index < -0.39 is 0 Å². The molecule has 1 nitrogen and oxygen atoms in total. The summed E-state index contributed by atoms with van der Waals surface area (Å²) in [6, 6.07) is 22.0. The Morgan fingerprint density at radius 1 is 0.800 bits per heavy atom. The summed E-state index contributed by atoms with van der Waals surface area (Å²) in [7, 11) is 0. The van der Waals surface area contributed by atoms with Crippen LogP contribution in [0.2, 0.25) is 0 Å². The number of furan rings is 1. The molecule has 0 bridgehead atoms. The highest BCUT2D eigenvalue weighted by Gasteiger charge is 2.14. The third kappa shape index (κ3) is 4.51. The van der Waals surface area contributed by atoms with Crippen molar-refractivity contribution in [1.29, 1.82) is 0 Å². The molecule has 0 aliphatic carbocycles. The third-order valence-corrected chi connectivity index (χ3v) is 5.95. The lowest BCUT2D eigenvalue weighted by Crippen LogP contribution is -1.87. The smallest absolute Gasteiger partial charge is 0.135 e. The summed E-state index contributed by atoms with van der Waals surface area (Å²) < 4.78 is 6.12. The average molecular weight is 397 g/mol. The van der Waals surface area contributed by atoms with Gasteiger partial charge in [-0.25, -0.2) is 0 Å². The molecule has 0 amide bonds. The zero-order chi connectivity index (χ0) is 20.8. The topological polar surface area (TPSA) is 13.1 Å².